The smallest absolute Gasteiger partial charge is 0.120 e. The van der Waals surface area contributed by atoms with Crippen molar-refractivity contribution in [2.24, 2.45) is 0 Å². The Hall–Kier alpha value is -1.10. The van der Waals surface area contributed by atoms with Crippen LogP contribution >= 0.6 is 0 Å². The lowest BCUT2D eigenvalue weighted by atomic mass is 10.1. The van der Waals surface area contributed by atoms with Crippen LogP contribution < -0.4 is 0 Å². The third kappa shape index (κ3) is 1.39. The Balaban J connectivity index is 2.78. The summed E-state index contributed by atoms with van der Waals surface area (Å²) in [4.78, 5) is 0. The molecule has 0 aromatic heterocycles. The summed E-state index contributed by atoms with van der Waals surface area (Å²) in [6.07, 6.45) is 4.11. The zero-order valence-corrected chi connectivity index (χ0v) is 4.89. The molecule has 0 aromatic carbocycles. The Bertz CT molecular complexity index is 207. The van der Waals surface area contributed by atoms with Crippen molar-refractivity contribution in [2.75, 3.05) is 0 Å². The molecule has 46 valence electrons. The molecule has 9 heavy (non-hydrogen) atoms. The van der Waals surface area contributed by atoms with Crippen molar-refractivity contribution in [3.8, 4) is 6.07 Å². The molecule has 0 saturated carbocycles. The van der Waals surface area contributed by atoms with Gasteiger partial charge in [0.15, 0.2) is 0 Å². The van der Waals surface area contributed by atoms with Gasteiger partial charge in [0.25, 0.3) is 0 Å². The lowest BCUT2D eigenvalue weighted by Gasteiger charge is -1.99. The Morgan fingerprint density at radius 3 is 2.89 bits per heavy atom. The average Bonchev–Trinajstić information content (AvgIpc) is 1.88. The summed E-state index contributed by atoms with van der Waals surface area (Å²) in [7, 11) is 0. The zero-order chi connectivity index (χ0) is 6.69. The SMILES string of the molecule is N#CC1=CC(F)=CCC1. The topological polar surface area (TPSA) is 23.8 Å². The predicted molar refractivity (Wildman–Crippen MR) is 32.1 cm³/mol. The molecule has 0 aromatic rings. The normalized spacial score (nSPS) is 17.8. The fraction of sp³-hybridized carbons (Fsp3) is 0.286. The van der Waals surface area contributed by atoms with Crippen LogP contribution in [0.4, 0.5) is 4.39 Å². The van der Waals surface area contributed by atoms with E-state index in [2.05, 4.69) is 0 Å². The van der Waals surface area contributed by atoms with Gasteiger partial charge in [-0.3, -0.25) is 0 Å². The van der Waals surface area contributed by atoms with Crippen molar-refractivity contribution in [2.45, 2.75) is 12.8 Å². The van der Waals surface area contributed by atoms with Crippen molar-refractivity contribution in [3.63, 3.8) is 0 Å². The number of nitriles is 1. The quantitative estimate of drug-likeness (QED) is 0.483. The molecule has 0 bridgehead atoms. The van der Waals surface area contributed by atoms with Crippen LogP contribution in [0.25, 0.3) is 0 Å². The Labute approximate surface area is 53.1 Å². The molecule has 0 N–H and O–H groups in total. The van der Waals surface area contributed by atoms with E-state index in [1.807, 2.05) is 6.07 Å². The second-order valence-corrected chi connectivity index (χ2v) is 1.91. The molecule has 0 saturated heterocycles. The van der Waals surface area contributed by atoms with Crippen LogP contribution in [-0.2, 0) is 0 Å². The van der Waals surface area contributed by atoms with Crippen LogP contribution in [0.3, 0.4) is 0 Å². The fourth-order valence-corrected chi connectivity index (χ4v) is 0.751. The maximum Gasteiger partial charge on any atom is 0.120 e. The van der Waals surface area contributed by atoms with Gasteiger partial charge in [-0.05, 0) is 25.0 Å². The van der Waals surface area contributed by atoms with E-state index in [-0.39, 0.29) is 5.83 Å². The van der Waals surface area contributed by atoms with Crippen molar-refractivity contribution in [1.82, 2.24) is 0 Å². The highest BCUT2D eigenvalue weighted by atomic mass is 19.1. The summed E-state index contributed by atoms with van der Waals surface area (Å²) in [5.74, 6) is -0.280. The maximum absolute atomic E-state index is 12.3. The summed E-state index contributed by atoms with van der Waals surface area (Å²) in [5, 5.41) is 8.30. The molecular formula is C7H6FN. The van der Waals surface area contributed by atoms with Crippen LogP contribution in [0.1, 0.15) is 12.8 Å². The van der Waals surface area contributed by atoms with Crippen molar-refractivity contribution in [1.29, 1.82) is 5.26 Å². The van der Waals surface area contributed by atoms with E-state index in [9.17, 15) is 4.39 Å². The predicted octanol–water partition coefficient (Wildman–Crippen LogP) is 2.08. The lowest BCUT2D eigenvalue weighted by molar-refractivity contribution is 0.650. The second-order valence-electron chi connectivity index (χ2n) is 1.91. The van der Waals surface area contributed by atoms with E-state index in [4.69, 9.17) is 5.26 Å². The number of allylic oxidation sites excluding steroid dienone is 4. The molecular weight excluding hydrogens is 117 g/mol. The fourth-order valence-electron chi connectivity index (χ4n) is 0.751. The van der Waals surface area contributed by atoms with E-state index < -0.39 is 0 Å². The maximum atomic E-state index is 12.3. The Kier molecular flexibility index (Phi) is 1.64. The van der Waals surface area contributed by atoms with Gasteiger partial charge in [-0.2, -0.15) is 5.26 Å². The first kappa shape index (κ1) is 6.03. The number of hydrogen-bond donors (Lipinski definition) is 0. The van der Waals surface area contributed by atoms with Gasteiger partial charge in [0.1, 0.15) is 5.83 Å². The molecule has 1 aliphatic rings. The van der Waals surface area contributed by atoms with E-state index in [1.54, 1.807) is 0 Å². The van der Waals surface area contributed by atoms with E-state index in [0.717, 1.165) is 0 Å². The number of hydrogen-bond acceptors (Lipinski definition) is 1. The molecule has 2 heteroatoms. The average molecular weight is 123 g/mol. The van der Waals surface area contributed by atoms with Crippen molar-refractivity contribution < 1.29 is 4.39 Å². The van der Waals surface area contributed by atoms with Gasteiger partial charge < -0.3 is 0 Å². The van der Waals surface area contributed by atoms with Gasteiger partial charge in [-0.25, -0.2) is 4.39 Å². The summed E-state index contributed by atoms with van der Waals surface area (Å²) >= 11 is 0. The summed E-state index contributed by atoms with van der Waals surface area (Å²) in [6, 6.07) is 1.91. The lowest BCUT2D eigenvalue weighted by Crippen LogP contribution is -1.85. The summed E-state index contributed by atoms with van der Waals surface area (Å²) < 4.78 is 12.3. The van der Waals surface area contributed by atoms with Crippen LogP contribution in [0, 0.1) is 11.3 Å². The number of nitrogens with zero attached hydrogens (tertiary/aromatic N) is 1. The van der Waals surface area contributed by atoms with Crippen LogP contribution in [0.5, 0.6) is 0 Å². The van der Waals surface area contributed by atoms with Gasteiger partial charge in [-0.1, -0.05) is 0 Å². The highest BCUT2D eigenvalue weighted by Crippen LogP contribution is 2.16. The van der Waals surface area contributed by atoms with Crippen LogP contribution in [-0.4, -0.2) is 0 Å². The first-order valence-corrected chi connectivity index (χ1v) is 2.79. The third-order valence-corrected chi connectivity index (χ3v) is 1.21. The monoisotopic (exact) mass is 123 g/mol. The Morgan fingerprint density at radius 1 is 1.67 bits per heavy atom. The van der Waals surface area contributed by atoms with E-state index in [0.29, 0.717) is 18.4 Å². The molecule has 0 atom stereocenters. The van der Waals surface area contributed by atoms with Gasteiger partial charge >= 0.3 is 0 Å². The van der Waals surface area contributed by atoms with Crippen LogP contribution in [0.2, 0.25) is 0 Å². The zero-order valence-electron chi connectivity index (χ0n) is 4.89. The molecule has 1 rings (SSSR count). The largest absolute Gasteiger partial charge is 0.207 e. The molecule has 0 heterocycles. The summed E-state index contributed by atoms with van der Waals surface area (Å²) in [5.41, 5.74) is 0.537. The Morgan fingerprint density at radius 2 is 2.44 bits per heavy atom. The molecule has 0 aliphatic heterocycles. The van der Waals surface area contributed by atoms with Crippen LogP contribution in [0.15, 0.2) is 23.6 Å². The third-order valence-electron chi connectivity index (χ3n) is 1.21. The van der Waals surface area contributed by atoms with Gasteiger partial charge in [-0.15, -0.1) is 0 Å². The molecule has 0 amide bonds. The summed E-state index contributed by atoms with van der Waals surface area (Å²) in [6.45, 7) is 0. The molecule has 0 radical (unpaired) electrons. The second kappa shape index (κ2) is 2.45. The minimum atomic E-state index is -0.280. The minimum Gasteiger partial charge on any atom is -0.207 e. The highest BCUT2D eigenvalue weighted by Gasteiger charge is 2.02. The number of halogens is 1. The minimum absolute atomic E-state index is 0.280. The highest BCUT2D eigenvalue weighted by molar-refractivity contribution is 5.31. The standard InChI is InChI=1S/C7H6FN/c8-7-3-1-2-6(4-7)5-9/h3-4H,1-2H2. The first-order valence-electron chi connectivity index (χ1n) is 2.79. The molecule has 0 spiro atoms. The van der Waals surface area contributed by atoms with Gasteiger partial charge in [0, 0.05) is 5.57 Å². The van der Waals surface area contributed by atoms with E-state index in [1.165, 1.54) is 12.2 Å². The van der Waals surface area contributed by atoms with Crippen molar-refractivity contribution in [3.05, 3.63) is 23.6 Å². The van der Waals surface area contributed by atoms with Gasteiger partial charge in [0.2, 0.25) is 0 Å². The van der Waals surface area contributed by atoms with Crippen molar-refractivity contribution >= 4 is 0 Å². The molecule has 1 aliphatic carbocycles. The van der Waals surface area contributed by atoms with E-state index >= 15 is 0 Å². The number of rotatable bonds is 0. The molecule has 0 unspecified atom stereocenters. The molecule has 0 fully saturated rings. The van der Waals surface area contributed by atoms with Gasteiger partial charge in [0.05, 0.1) is 6.07 Å². The first-order chi connectivity index (χ1) is 4.33. The molecule has 1 nitrogen and oxygen atoms in total.